The zero-order valence-electron chi connectivity index (χ0n) is 14.1. The Hall–Kier alpha value is -1.81. The fraction of sp³-hybridized carbons (Fsp3) is 0.526. The molecule has 3 rings (SSSR count). The van der Waals surface area contributed by atoms with E-state index in [1.54, 1.807) is 12.1 Å². The van der Waals surface area contributed by atoms with E-state index in [4.69, 9.17) is 4.52 Å². The molecular weight excluding hydrogens is 288 g/mol. The molecule has 0 amide bonds. The minimum absolute atomic E-state index is 0.339. The van der Waals surface area contributed by atoms with Gasteiger partial charge >= 0.3 is 0 Å². The predicted octanol–water partition coefficient (Wildman–Crippen LogP) is 3.98. The van der Waals surface area contributed by atoms with Crippen molar-refractivity contribution < 1.29 is 9.63 Å². The topological polar surface area (TPSA) is 49.5 Å². The largest absolute Gasteiger partial charge is 0.508 e. The molecule has 0 bridgehead atoms. The van der Waals surface area contributed by atoms with Gasteiger partial charge in [0.25, 0.3) is 0 Å². The van der Waals surface area contributed by atoms with E-state index in [0.717, 1.165) is 37.4 Å². The molecule has 1 atom stereocenters. The minimum atomic E-state index is 0.339. The van der Waals surface area contributed by atoms with Gasteiger partial charge in [-0.05, 0) is 63.8 Å². The average molecular weight is 314 g/mol. The summed E-state index contributed by atoms with van der Waals surface area (Å²) in [6.07, 6.45) is 6.08. The van der Waals surface area contributed by atoms with E-state index in [2.05, 4.69) is 10.1 Å². The highest BCUT2D eigenvalue weighted by atomic mass is 16.5. The first kappa shape index (κ1) is 16.1. The summed E-state index contributed by atoms with van der Waals surface area (Å²) in [5.74, 6) is 1.29. The van der Waals surface area contributed by atoms with Crippen LogP contribution in [0.5, 0.6) is 5.75 Å². The van der Waals surface area contributed by atoms with Crippen LogP contribution in [-0.4, -0.2) is 27.7 Å². The Morgan fingerprint density at radius 2 is 2.00 bits per heavy atom. The van der Waals surface area contributed by atoms with E-state index in [1.165, 1.54) is 30.4 Å². The highest BCUT2D eigenvalue weighted by Gasteiger charge is 2.24. The van der Waals surface area contributed by atoms with Crippen molar-refractivity contribution in [2.45, 2.75) is 58.5 Å². The lowest BCUT2D eigenvalue weighted by molar-refractivity contribution is 0.131. The Balaban J connectivity index is 1.63. The highest BCUT2D eigenvalue weighted by molar-refractivity contribution is 5.26. The number of hydrogen-bond acceptors (Lipinski definition) is 4. The molecule has 2 heterocycles. The third kappa shape index (κ3) is 3.94. The molecule has 0 spiro atoms. The number of aromatic nitrogens is 1. The van der Waals surface area contributed by atoms with Gasteiger partial charge in [0.2, 0.25) is 0 Å². The van der Waals surface area contributed by atoms with Crippen LogP contribution in [0.2, 0.25) is 0 Å². The summed E-state index contributed by atoms with van der Waals surface area (Å²) >= 11 is 0. The van der Waals surface area contributed by atoms with E-state index in [1.807, 2.05) is 26.0 Å². The molecule has 1 N–H and O–H groups in total. The third-order valence-corrected chi connectivity index (χ3v) is 4.99. The van der Waals surface area contributed by atoms with Crippen LogP contribution in [-0.2, 0) is 13.0 Å². The minimum Gasteiger partial charge on any atom is -0.508 e. The van der Waals surface area contributed by atoms with Gasteiger partial charge in [0.05, 0.1) is 5.69 Å². The summed E-state index contributed by atoms with van der Waals surface area (Å²) in [5, 5.41) is 13.5. The van der Waals surface area contributed by atoms with E-state index in [-0.39, 0.29) is 0 Å². The summed E-state index contributed by atoms with van der Waals surface area (Å²) in [7, 11) is 0. The van der Waals surface area contributed by atoms with Crippen LogP contribution in [0.15, 0.2) is 28.8 Å². The first-order valence-electron chi connectivity index (χ1n) is 8.57. The smallest absolute Gasteiger partial charge is 0.138 e. The quantitative estimate of drug-likeness (QED) is 0.907. The lowest BCUT2D eigenvalue weighted by Gasteiger charge is -2.35. The first-order valence-corrected chi connectivity index (χ1v) is 8.57. The number of rotatable bonds is 5. The Morgan fingerprint density at radius 1 is 1.22 bits per heavy atom. The maximum atomic E-state index is 9.39. The maximum absolute atomic E-state index is 9.39. The van der Waals surface area contributed by atoms with Crippen molar-refractivity contribution in [2.24, 2.45) is 0 Å². The Bertz CT molecular complexity index is 614. The van der Waals surface area contributed by atoms with E-state index in [0.29, 0.717) is 11.8 Å². The van der Waals surface area contributed by atoms with E-state index >= 15 is 0 Å². The molecular formula is C19H26N2O2. The van der Waals surface area contributed by atoms with Crippen LogP contribution in [0.25, 0.3) is 0 Å². The zero-order chi connectivity index (χ0) is 16.2. The summed E-state index contributed by atoms with van der Waals surface area (Å²) in [4.78, 5) is 2.59. The number of piperidine rings is 1. The van der Waals surface area contributed by atoms with Gasteiger partial charge in [-0.1, -0.05) is 23.7 Å². The van der Waals surface area contributed by atoms with Gasteiger partial charge in [-0.15, -0.1) is 0 Å². The van der Waals surface area contributed by atoms with Gasteiger partial charge in [0.15, 0.2) is 0 Å². The van der Waals surface area contributed by atoms with Crippen LogP contribution >= 0.6 is 0 Å². The summed E-state index contributed by atoms with van der Waals surface area (Å²) in [6, 6.07) is 8.22. The van der Waals surface area contributed by atoms with Gasteiger partial charge in [-0.2, -0.15) is 0 Å². The Labute approximate surface area is 138 Å². The Morgan fingerprint density at radius 3 is 2.70 bits per heavy atom. The van der Waals surface area contributed by atoms with Crippen molar-refractivity contribution in [2.75, 3.05) is 6.54 Å². The normalized spacial score (nSPS) is 19.1. The van der Waals surface area contributed by atoms with Crippen LogP contribution in [0.1, 0.15) is 48.3 Å². The highest BCUT2D eigenvalue weighted by Crippen LogP contribution is 2.25. The molecule has 1 aliphatic rings. The molecule has 124 valence electrons. The number of benzene rings is 1. The Kier molecular flexibility index (Phi) is 5.01. The molecule has 1 aromatic heterocycles. The van der Waals surface area contributed by atoms with Gasteiger partial charge in [0.1, 0.15) is 11.5 Å². The van der Waals surface area contributed by atoms with Crippen LogP contribution in [0, 0.1) is 13.8 Å². The van der Waals surface area contributed by atoms with Crippen molar-refractivity contribution in [3.05, 3.63) is 46.8 Å². The molecule has 23 heavy (non-hydrogen) atoms. The zero-order valence-corrected chi connectivity index (χ0v) is 14.1. The van der Waals surface area contributed by atoms with Gasteiger partial charge < -0.3 is 9.63 Å². The number of aryl methyl sites for hydroxylation is 3. The molecule has 0 radical (unpaired) electrons. The lowest BCUT2D eigenvalue weighted by Crippen LogP contribution is -2.39. The number of phenolic OH excluding ortho intramolecular Hbond substituents is 1. The average Bonchev–Trinajstić information content (AvgIpc) is 2.87. The summed E-state index contributed by atoms with van der Waals surface area (Å²) in [5.41, 5.74) is 3.57. The lowest BCUT2D eigenvalue weighted by atomic mass is 9.95. The fourth-order valence-electron chi connectivity index (χ4n) is 3.52. The standard InChI is InChI=1S/C19H26N2O2/c1-14-19(15(2)23-20-14)13-21-12-4-3-5-17(21)9-6-16-7-10-18(22)11-8-16/h7-8,10-11,17,22H,3-6,9,12-13H2,1-2H3/t17-/m0/s1. The second-order valence-corrected chi connectivity index (χ2v) is 6.63. The molecule has 1 aliphatic heterocycles. The monoisotopic (exact) mass is 314 g/mol. The fourth-order valence-corrected chi connectivity index (χ4v) is 3.52. The number of aromatic hydroxyl groups is 1. The van der Waals surface area contributed by atoms with Crippen molar-refractivity contribution in [1.82, 2.24) is 10.1 Å². The second-order valence-electron chi connectivity index (χ2n) is 6.63. The van der Waals surface area contributed by atoms with Gasteiger partial charge in [-0.25, -0.2) is 0 Å². The molecule has 0 unspecified atom stereocenters. The van der Waals surface area contributed by atoms with Crippen molar-refractivity contribution >= 4 is 0 Å². The third-order valence-electron chi connectivity index (χ3n) is 4.99. The predicted molar refractivity (Wildman–Crippen MR) is 90.5 cm³/mol. The van der Waals surface area contributed by atoms with Crippen LogP contribution in [0.3, 0.4) is 0 Å². The maximum Gasteiger partial charge on any atom is 0.138 e. The molecule has 1 saturated heterocycles. The molecule has 0 saturated carbocycles. The molecule has 1 fully saturated rings. The van der Waals surface area contributed by atoms with Crippen molar-refractivity contribution in [3.8, 4) is 5.75 Å². The second kappa shape index (κ2) is 7.18. The van der Waals surface area contributed by atoms with Crippen molar-refractivity contribution in [1.29, 1.82) is 0 Å². The number of nitrogens with zero attached hydrogens (tertiary/aromatic N) is 2. The van der Waals surface area contributed by atoms with E-state index < -0.39 is 0 Å². The molecule has 0 aliphatic carbocycles. The molecule has 1 aromatic carbocycles. The number of likely N-dealkylation sites (tertiary alicyclic amines) is 1. The summed E-state index contributed by atoms with van der Waals surface area (Å²) in [6.45, 7) is 6.14. The number of hydrogen-bond donors (Lipinski definition) is 1. The van der Waals surface area contributed by atoms with Gasteiger partial charge in [0, 0.05) is 18.2 Å². The molecule has 4 nitrogen and oxygen atoms in total. The number of phenols is 1. The first-order chi connectivity index (χ1) is 11.1. The van der Waals surface area contributed by atoms with E-state index in [9.17, 15) is 5.11 Å². The van der Waals surface area contributed by atoms with Crippen LogP contribution in [0.4, 0.5) is 0 Å². The summed E-state index contributed by atoms with van der Waals surface area (Å²) < 4.78 is 5.31. The van der Waals surface area contributed by atoms with Crippen molar-refractivity contribution in [3.63, 3.8) is 0 Å². The molecule has 2 aromatic rings. The molecule has 4 heteroatoms. The van der Waals surface area contributed by atoms with Gasteiger partial charge in [-0.3, -0.25) is 4.90 Å². The van der Waals surface area contributed by atoms with Crippen LogP contribution < -0.4 is 0 Å². The SMILES string of the molecule is Cc1noc(C)c1CN1CCCC[C@H]1CCc1ccc(O)cc1.